The Morgan fingerprint density at radius 1 is 1.32 bits per heavy atom. The molecule has 3 heterocycles. The van der Waals surface area contributed by atoms with Crippen LogP contribution >= 0.6 is 11.3 Å². The van der Waals surface area contributed by atoms with E-state index in [1.807, 2.05) is 4.90 Å². The largest absolute Gasteiger partial charge is 0.395 e. The third-order valence-electron chi connectivity index (χ3n) is 4.81. The Hall–Kier alpha value is -1.21. The number of nitrogens with zero attached hydrogens (tertiary/aromatic N) is 4. The van der Waals surface area contributed by atoms with Gasteiger partial charge < -0.3 is 14.9 Å². The first-order valence-corrected chi connectivity index (χ1v) is 8.93. The number of aliphatic hydroxyl groups is 1. The van der Waals surface area contributed by atoms with E-state index < -0.39 is 0 Å². The molecule has 1 spiro atoms. The lowest BCUT2D eigenvalue weighted by Gasteiger charge is -2.48. The molecule has 0 radical (unpaired) electrons. The number of β-amino-alcohol motifs (C(OH)–C–C–N with tert-alkyl or cyclic N) is 1. The summed E-state index contributed by atoms with van der Waals surface area (Å²) >= 11 is 1.68. The summed E-state index contributed by atoms with van der Waals surface area (Å²) in [4.78, 5) is 16.2. The molecule has 2 saturated heterocycles. The van der Waals surface area contributed by atoms with Gasteiger partial charge in [-0.1, -0.05) is 18.3 Å². The number of carbonyl (C=O) groups excluding carboxylic acids is 1. The standard InChI is InChI=1S/C15H24N4O2S/c1-2-12-16-17-14(22-12)19-7-3-5-15(11-19)6-4-13(21)18(10-15)8-9-20/h20H,2-11H2,1H3/t15-/m1/s1. The molecule has 2 fully saturated rings. The number of rotatable bonds is 4. The second kappa shape index (κ2) is 6.50. The van der Waals surface area contributed by atoms with Gasteiger partial charge in [0.1, 0.15) is 5.01 Å². The second-order valence-electron chi connectivity index (χ2n) is 6.40. The highest BCUT2D eigenvalue weighted by Crippen LogP contribution is 2.40. The first kappa shape index (κ1) is 15.7. The van der Waals surface area contributed by atoms with Gasteiger partial charge in [0, 0.05) is 38.0 Å². The Labute approximate surface area is 135 Å². The second-order valence-corrected chi connectivity index (χ2v) is 7.44. The summed E-state index contributed by atoms with van der Waals surface area (Å²) in [5.41, 5.74) is 0.152. The van der Waals surface area contributed by atoms with E-state index in [0.29, 0.717) is 13.0 Å². The number of aryl methyl sites for hydroxylation is 1. The molecule has 0 saturated carbocycles. The van der Waals surface area contributed by atoms with E-state index in [1.54, 1.807) is 11.3 Å². The predicted octanol–water partition coefficient (Wildman–Crippen LogP) is 1.30. The average Bonchev–Trinajstić information content (AvgIpc) is 3.01. The van der Waals surface area contributed by atoms with Crippen LogP contribution in [0.15, 0.2) is 0 Å². The van der Waals surface area contributed by atoms with Crippen molar-refractivity contribution in [3.8, 4) is 0 Å². The zero-order chi connectivity index (χ0) is 15.6. The molecule has 7 heteroatoms. The Morgan fingerprint density at radius 2 is 2.18 bits per heavy atom. The van der Waals surface area contributed by atoms with Gasteiger partial charge in [-0.2, -0.15) is 0 Å². The molecule has 1 aromatic heterocycles. The molecule has 2 aliphatic heterocycles. The van der Waals surface area contributed by atoms with Crippen molar-refractivity contribution in [1.29, 1.82) is 0 Å². The summed E-state index contributed by atoms with van der Waals surface area (Å²) in [6.07, 6.45) is 4.75. The first-order chi connectivity index (χ1) is 10.7. The number of likely N-dealkylation sites (tertiary alicyclic amines) is 1. The van der Waals surface area contributed by atoms with Gasteiger partial charge >= 0.3 is 0 Å². The Bertz CT molecular complexity index is 535. The monoisotopic (exact) mass is 324 g/mol. The van der Waals surface area contributed by atoms with Crippen molar-refractivity contribution in [3.63, 3.8) is 0 Å². The molecular formula is C15H24N4O2S. The number of hydrogen-bond acceptors (Lipinski definition) is 6. The minimum atomic E-state index is 0.0434. The molecule has 0 unspecified atom stereocenters. The number of anilines is 1. The van der Waals surface area contributed by atoms with Gasteiger partial charge in [-0.05, 0) is 25.7 Å². The molecule has 1 amide bonds. The molecule has 0 aliphatic carbocycles. The van der Waals surface area contributed by atoms with Crippen molar-refractivity contribution in [2.24, 2.45) is 5.41 Å². The van der Waals surface area contributed by atoms with Crippen molar-refractivity contribution in [2.45, 2.75) is 39.0 Å². The molecule has 1 aromatic rings. The number of piperidine rings is 2. The smallest absolute Gasteiger partial charge is 0.222 e. The zero-order valence-corrected chi connectivity index (χ0v) is 13.9. The summed E-state index contributed by atoms with van der Waals surface area (Å²) < 4.78 is 0. The van der Waals surface area contributed by atoms with Gasteiger partial charge in [0.25, 0.3) is 0 Å². The van der Waals surface area contributed by atoms with Crippen LogP contribution in [0.3, 0.4) is 0 Å². The lowest BCUT2D eigenvalue weighted by molar-refractivity contribution is -0.138. The lowest BCUT2D eigenvalue weighted by Crippen LogP contribution is -2.54. The molecular weight excluding hydrogens is 300 g/mol. The highest BCUT2D eigenvalue weighted by Gasteiger charge is 2.42. The van der Waals surface area contributed by atoms with Gasteiger partial charge in [-0.25, -0.2) is 0 Å². The van der Waals surface area contributed by atoms with Crippen LogP contribution in [0, 0.1) is 5.41 Å². The highest BCUT2D eigenvalue weighted by molar-refractivity contribution is 7.15. The van der Waals surface area contributed by atoms with Crippen molar-refractivity contribution < 1.29 is 9.90 Å². The van der Waals surface area contributed by atoms with Crippen molar-refractivity contribution in [1.82, 2.24) is 15.1 Å². The summed E-state index contributed by atoms with van der Waals surface area (Å²) in [6, 6.07) is 0. The van der Waals surface area contributed by atoms with E-state index in [2.05, 4.69) is 22.0 Å². The minimum absolute atomic E-state index is 0.0434. The topological polar surface area (TPSA) is 69.6 Å². The molecule has 2 aliphatic rings. The maximum atomic E-state index is 12.0. The summed E-state index contributed by atoms with van der Waals surface area (Å²) in [6.45, 7) is 5.33. The quantitative estimate of drug-likeness (QED) is 0.904. The van der Waals surface area contributed by atoms with E-state index >= 15 is 0 Å². The van der Waals surface area contributed by atoms with E-state index in [-0.39, 0.29) is 17.9 Å². The van der Waals surface area contributed by atoms with Crippen LogP contribution < -0.4 is 4.90 Å². The number of hydrogen-bond donors (Lipinski definition) is 1. The van der Waals surface area contributed by atoms with Crippen molar-refractivity contribution >= 4 is 22.4 Å². The Morgan fingerprint density at radius 3 is 2.91 bits per heavy atom. The predicted molar refractivity (Wildman–Crippen MR) is 86.1 cm³/mol. The molecule has 0 aromatic carbocycles. The third kappa shape index (κ3) is 3.10. The molecule has 1 N–H and O–H groups in total. The summed E-state index contributed by atoms with van der Waals surface area (Å²) in [5.74, 6) is 0.181. The maximum absolute atomic E-state index is 12.0. The fourth-order valence-electron chi connectivity index (χ4n) is 3.65. The van der Waals surface area contributed by atoms with E-state index in [4.69, 9.17) is 5.11 Å². The lowest BCUT2D eigenvalue weighted by atomic mass is 9.73. The molecule has 1 atom stereocenters. The van der Waals surface area contributed by atoms with Gasteiger partial charge in [-0.15, -0.1) is 10.2 Å². The van der Waals surface area contributed by atoms with Crippen LogP contribution in [0.25, 0.3) is 0 Å². The zero-order valence-electron chi connectivity index (χ0n) is 13.1. The van der Waals surface area contributed by atoms with Crippen LogP contribution in [0.5, 0.6) is 0 Å². The van der Waals surface area contributed by atoms with E-state index in [9.17, 15) is 4.79 Å². The SMILES string of the molecule is CCc1nnc(N2CCC[C@]3(CCC(=O)N(CCO)C3)C2)s1. The fourth-order valence-corrected chi connectivity index (χ4v) is 4.45. The number of amides is 1. The minimum Gasteiger partial charge on any atom is -0.395 e. The first-order valence-electron chi connectivity index (χ1n) is 8.12. The highest BCUT2D eigenvalue weighted by atomic mass is 32.1. The maximum Gasteiger partial charge on any atom is 0.222 e. The van der Waals surface area contributed by atoms with Crippen LogP contribution in [0.2, 0.25) is 0 Å². The molecule has 6 nitrogen and oxygen atoms in total. The van der Waals surface area contributed by atoms with Crippen LogP contribution in [-0.2, 0) is 11.2 Å². The van der Waals surface area contributed by atoms with Gasteiger partial charge in [0.05, 0.1) is 6.61 Å². The molecule has 3 rings (SSSR count). The molecule has 0 bridgehead atoms. The number of aromatic nitrogens is 2. The molecule has 22 heavy (non-hydrogen) atoms. The van der Waals surface area contributed by atoms with Crippen molar-refractivity contribution in [3.05, 3.63) is 5.01 Å². The fraction of sp³-hybridized carbons (Fsp3) is 0.800. The van der Waals surface area contributed by atoms with Gasteiger partial charge in [0.15, 0.2) is 0 Å². The van der Waals surface area contributed by atoms with Gasteiger partial charge in [0.2, 0.25) is 11.0 Å². The normalized spacial score (nSPS) is 26.0. The van der Waals surface area contributed by atoms with Crippen LogP contribution in [-0.4, -0.2) is 58.9 Å². The summed E-state index contributed by atoms with van der Waals surface area (Å²) in [7, 11) is 0. The van der Waals surface area contributed by atoms with E-state index in [1.165, 1.54) is 0 Å². The Kier molecular flexibility index (Phi) is 4.63. The van der Waals surface area contributed by atoms with E-state index in [0.717, 1.165) is 55.5 Å². The Balaban J connectivity index is 1.72. The summed E-state index contributed by atoms with van der Waals surface area (Å²) in [5, 5.41) is 19.8. The van der Waals surface area contributed by atoms with Crippen LogP contribution in [0.4, 0.5) is 5.13 Å². The van der Waals surface area contributed by atoms with Crippen molar-refractivity contribution in [2.75, 3.05) is 37.7 Å². The van der Waals surface area contributed by atoms with Crippen LogP contribution in [0.1, 0.15) is 37.6 Å². The van der Waals surface area contributed by atoms with Gasteiger partial charge in [-0.3, -0.25) is 4.79 Å². The number of aliphatic hydroxyl groups excluding tert-OH is 1. The third-order valence-corrected chi connectivity index (χ3v) is 5.94. The number of carbonyl (C=O) groups is 1. The average molecular weight is 324 g/mol. The molecule has 122 valence electrons.